The minimum Gasteiger partial charge on any atom is -0.481 e. The lowest BCUT2D eigenvalue weighted by Crippen LogP contribution is -2.37. The molecule has 0 spiro atoms. The van der Waals surface area contributed by atoms with E-state index in [0.29, 0.717) is 30.2 Å². The van der Waals surface area contributed by atoms with Crippen LogP contribution in [0.3, 0.4) is 0 Å². The van der Waals surface area contributed by atoms with Crippen LogP contribution in [0.25, 0.3) is 0 Å². The quantitative estimate of drug-likeness (QED) is 0.884. The van der Waals surface area contributed by atoms with E-state index >= 15 is 0 Å². The number of amides is 1. The molecule has 6 heteroatoms. The van der Waals surface area contributed by atoms with Crippen LogP contribution in [0.15, 0.2) is 42.5 Å². The third kappa shape index (κ3) is 3.76. The van der Waals surface area contributed by atoms with Crippen molar-refractivity contribution in [2.75, 3.05) is 6.79 Å². The van der Waals surface area contributed by atoms with Gasteiger partial charge >= 0.3 is 0 Å². The average molecular weight is 331 g/mol. The number of hydrogen-bond donors (Lipinski definition) is 1. The van der Waals surface area contributed by atoms with E-state index in [1.165, 1.54) is 24.3 Å². The van der Waals surface area contributed by atoms with Crippen molar-refractivity contribution in [1.29, 1.82) is 0 Å². The third-order valence-corrected chi connectivity index (χ3v) is 3.66. The summed E-state index contributed by atoms with van der Waals surface area (Å²) in [5.41, 5.74) is 0.907. The van der Waals surface area contributed by atoms with Crippen molar-refractivity contribution in [1.82, 2.24) is 5.32 Å². The van der Waals surface area contributed by atoms with E-state index in [1.807, 2.05) is 25.1 Å². The molecular weight excluding hydrogens is 313 g/mol. The maximum atomic E-state index is 12.9. The average Bonchev–Trinajstić information content (AvgIpc) is 3.07. The summed E-state index contributed by atoms with van der Waals surface area (Å²) in [4.78, 5) is 12.3. The molecule has 1 amide bonds. The topological polar surface area (TPSA) is 56.8 Å². The number of carbonyl (C=O) groups is 1. The van der Waals surface area contributed by atoms with Crippen molar-refractivity contribution in [3.05, 3.63) is 53.8 Å². The first kappa shape index (κ1) is 16.1. The fourth-order valence-electron chi connectivity index (χ4n) is 2.35. The maximum absolute atomic E-state index is 12.9. The molecule has 24 heavy (non-hydrogen) atoms. The van der Waals surface area contributed by atoms with Gasteiger partial charge in [0.2, 0.25) is 6.79 Å². The highest BCUT2D eigenvalue weighted by Crippen LogP contribution is 2.32. The zero-order valence-corrected chi connectivity index (χ0v) is 13.3. The summed E-state index contributed by atoms with van der Waals surface area (Å²) in [6.07, 6.45) is -0.130. The Morgan fingerprint density at radius 1 is 1.21 bits per heavy atom. The van der Waals surface area contributed by atoms with Gasteiger partial charge in [-0.25, -0.2) is 4.39 Å². The minimum atomic E-state index is -0.635. The summed E-state index contributed by atoms with van der Waals surface area (Å²) in [6, 6.07) is 11.1. The van der Waals surface area contributed by atoms with E-state index < -0.39 is 6.10 Å². The van der Waals surface area contributed by atoms with Gasteiger partial charge in [-0.2, -0.15) is 0 Å². The molecule has 126 valence electrons. The molecule has 1 aliphatic heterocycles. The van der Waals surface area contributed by atoms with E-state index in [4.69, 9.17) is 14.2 Å². The number of halogens is 1. The first-order chi connectivity index (χ1) is 11.7. The molecule has 0 radical (unpaired) electrons. The molecule has 1 atom stereocenters. The second kappa shape index (κ2) is 7.21. The molecule has 5 nitrogen and oxygen atoms in total. The van der Waals surface area contributed by atoms with E-state index in [0.717, 1.165) is 5.56 Å². The molecule has 2 aromatic carbocycles. The standard InChI is InChI=1S/C18H18FNO4/c1-2-15(24-14-6-4-13(19)5-7-14)18(21)20-10-12-3-8-16-17(9-12)23-11-22-16/h3-9,15H,2,10-11H2,1H3,(H,20,21)/t15-/m0/s1. The normalized spacial score (nSPS) is 13.4. The van der Waals surface area contributed by atoms with Crippen LogP contribution in [-0.2, 0) is 11.3 Å². The number of ether oxygens (including phenoxy) is 3. The van der Waals surface area contributed by atoms with Gasteiger partial charge < -0.3 is 19.5 Å². The Balaban J connectivity index is 1.57. The van der Waals surface area contributed by atoms with Crippen LogP contribution in [0.4, 0.5) is 4.39 Å². The number of hydrogen-bond acceptors (Lipinski definition) is 4. The molecule has 0 bridgehead atoms. The van der Waals surface area contributed by atoms with Crippen molar-refractivity contribution in [3.63, 3.8) is 0 Å². The van der Waals surface area contributed by atoms with Crippen LogP contribution < -0.4 is 19.5 Å². The first-order valence-electron chi connectivity index (χ1n) is 7.74. The zero-order valence-electron chi connectivity index (χ0n) is 13.3. The Hall–Kier alpha value is -2.76. The number of carbonyl (C=O) groups excluding carboxylic acids is 1. The van der Waals surface area contributed by atoms with Gasteiger partial charge in [0, 0.05) is 6.54 Å². The maximum Gasteiger partial charge on any atom is 0.261 e. The van der Waals surface area contributed by atoms with Gasteiger partial charge in [-0.05, 0) is 48.4 Å². The van der Waals surface area contributed by atoms with Crippen molar-refractivity contribution < 1.29 is 23.4 Å². The van der Waals surface area contributed by atoms with Crippen LogP contribution in [0.5, 0.6) is 17.2 Å². The molecule has 0 fully saturated rings. The second-order valence-electron chi connectivity index (χ2n) is 5.37. The summed E-state index contributed by atoms with van der Waals surface area (Å²) >= 11 is 0. The summed E-state index contributed by atoms with van der Waals surface area (Å²) in [5, 5.41) is 2.84. The van der Waals surface area contributed by atoms with Gasteiger partial charge in [-0.3, -0.25) is 4.79 Å². The minimum absolute atomic E-state index is 0.217. The van der Waals surface area contributed by atoms with Crippen LogP contribution in [0.1, 0.15) is 18.9 Å². The van der Waals surface area contributed by atoms with Gasteiger partial charge in [0.05, 0.1) is 0 Å². The van der Waals surface area contributed by atoms with Crippen LogP contribution in [0.2, 0.25) is 0 Å². The zero-order chi connectivity index (χ0) is 16.9. The molecule has 1 heterocycles. The van der Waals surface area contributed by atoms with E-state index in [2.05, 4.69) is 5.32 Å². The SMILES string of the molecule is CC[C@H](Oc1ccc(F)cc1)C(=O)NCc1ccc2c(c1)OCO2. The second-order valence-corrected chi connectivity index (χ2v) is 5.37. The van der Waals surface area contributed by atoms with Crippen molar-refractivity contribution in [2.45, 2.75) is 26.0 Å². The third-order valence-electron chi connectivity index (χ3n) is 3.66. The summed E-state index contributed by atoms with van der Waals surface area (Å²) in [5.74, 6) is 1.27. The van der Waals surface area contributed by atoms with Gasteiger partial charge in [0.15, 0.2) is 17.6 Å². The molecule has 2 aromatic rings. The molecular formula is C18H18FNO4. The van der Waals surface area contributed by atoms with Gasteiger partial charge in [0.1, 0.15) is 11.6 Å². The fraction of sp³-hybridized carbons (Fsp3) is 0.278. The molecule has 0 unspecified atom stereocenters. The summed E-state index contributed by atoms with van der Waals surface area (Å²) in [7, 11) is 0. The Morgan fingerprint density at radius 2 is 1.96 bits per heavy atom. The smallest absolute Gasteiger partial charge is 0.261 e. The largest absolute Gasteiger partial charge is 0.481 e. The predicted octanol–water partition coefficient (Wildman–Crippen LogP) is 3.03. The summed E-state index contributed by atoms with van der Waals surface area (Å²) < 4.78 is 29.1. The van der Waals surface area contributed by atoms with Crippen LogP contribution >= 0.6 is 0 Å². The highest BCUT2D eigenvalue weighted by molar-refractivity contribution is 5.81. The molecule has 0 saturated heterocycles. The van der Waals surface area contributed by atoms with E-state index in [-0.39, 0.29) is 18.5 Å². The molecule has 1 aliphatic rings. The highest BCUT2D eigenvalue weighted by Gasteiger charge is 2.19. The van der Waals surface area contributed by atoms with Crippen molar-refractivity contribution in [3.8, 4) is 17.2 Å². The van der Waals surface area contributed by atoms with Gasteiger partial charge in [-0.15, -0.1) is 0 Å². The predicted molar refractivity (Wildman–Crippen MR) is 85.5 cm³/mol. The van der Waals surface area contributed by atoms with E-state index in [1.54, 1.807) is 0 Å². The van der Waals surface area contributed by atoms with Crippen LogP contribution in [-0.4, -0.2) is 18.8 Å². The Kier molecular flexibility index (Phi) is 4.84. The highest BCUT2D eigenvalue weighted by atomic mass is 19.1. The monoisotopic (exact) mass is 331 g/mol. The lowest BCUT2D eigenvalue weighted by Gasteiger charge is -2.17. The van der Waals surface area contributed by atoms with Crippen LogP contribution in [0, 0.1) is 5.82 Å². The Morgan fingerprint density at radius 3 is 2.71 bits per heavy atom. The molecule has 0 aliphatic carbocycles. The summed E-state index contributed by atoms with van der Waals surface area (Å²) in [6.45, 7) is 2.43. The van der Waals surface area contributed by atoms with Gasteiger partial charge in [-0.1, -0.05) is 13.0 Å². The van der Waals surface area contributed by atoms with E-state index in [9.17, 15) is 9.18 Å². The van der Waals surface area contributed by atoms with Crippen molar-refractivity contribution in [2.24, 2.45) is 0 Å². The van der Waals surface area contributed by atoms with Crippen molar-refractivity contribution >= 4 is 5.91 Å². The first-order valence-corrected chi connectivity index (χ1v) is 7.74. The fourth-order valence-corrected chi connectivity index (χ4v) is 2.35. The lowest BCUT2D eigenvalue weighted by molar-refractivity contribution is -0.128. The number of benzene rings is 2. The number of fused-ring (bicyclic) bond motifs is 1. The molecule has 0 aromatic heterocycles. The molecule has 1 N–H and O–H groups in total. The Bertz CT molecular complexity index is 717. The number of rotatable bonds is 6. The Labute approximate surface area is 139 Å². The lowest BCUT2D eigenvalue weighted by atomic mass is 10.2. The number of nitrogens with one attached hydrogen (secondary N) is 1. The molecule has 0 saturated carbocycles. The molecule has 3 rings (SSSR count). The van der Waals surface area contributed by atoms with Gasteiger partial charge in [0.25, 0.3) is 5.91 Å².